The summed E-state index contributed by atoms with van der Waals surface area (Å²) in [7, 11) is 0. The Hall–Kier alpha value is -3.18. The minimum atomic E-state index is -0.933. The van der Waals surface area contributed by atoms with E-state index in [-0.39, 0.29) is 6.42 Å². The number of ether oxygens (including phenoxy) is 1. The number of benzene rings is 3. The quantitative estimate of drug-likeness (QED) is 0.367. The van der Waals surface area contributed by atoms with E-state index in [1.807, 2.05) is 36.4 Å². The molecule has 0 radical (unpaired) electrons. The number of nitrogens with one attached hydrogen (secondary N) is 2. The molecule has 0 spiro atoms. The molecule has 8 heteroatoms. The first-order valence-corrected chi connectivity index (χ1v) is 12.2. The van der Waals surface area contributed by atoms with Crippen molar-refractivity contribution < 1.29 is 14.3 Å². The third kappa shape index (κ3) is 8.22. The summed E-state index contributed by atoms with van der Waals surface area (Å²) in [6.07, 6.45) is -0.374. The molecule has 0 saturated carbocycles. The van der Waals surface area contributed by atoms with Gasteiger partial charge in [0.2, 0.25) is 5.91 Å². The van der Waals surface area contributed by atoms with E-state index in [2.05, 4.69) is 32.6 Å². The number of nitrogens with zero attached hydrogens (tertiary/aromatic N) is 1. The number of hydrogen-bond donors (Lipinski definition) is 2. The van der Waals surface area contributed by atoms with E-state index in [9.17, 15) is 14.9 Å². The van der Waals surface area contributed by atoms with Gasteiger partial charge in [-0.2, -0.15) is 5.26 Å². The van der Waals surface area contributed by atoms with Crippen LogP contribution in [0.25, 0.3) is 0 Å². The zero-order valence-corrected chi connectivity index (χ0v) is 21.4. The van der Waals surface area contributed by atoms with Crippen LogP contribution in [0.3, 0.4) is 0 Å². The summed E-state index contributed by atoms with van der Waals surface area (Å²) in [5.74, 6) is -0.898. The summed E-state index contributed by atoms with van der Waals surface area (Å²) in [4.78, 5) is 26.1. The van der Waals surface area contributed by atoms with Gasteiger partial charge in [-0.3, -0.25) is 9.59 Å². The fraction of sp³-hybridized carbons (Fsp3) is 0.222. The highest BCUT2D eigenvalue weighted by Gasteiger charge is 2.27. The second-order valence-corrected chi connectivity index (χ2v) is 9.34. The average Bonchev–Trinajstić information content (AvgIpc) is 2.86. The maximum Gasteiger partial charge on any atom is 0.251 e. The molecule has 180 valence electrons. The Morgan fingerprint density at radius 3 is 2.40 bits per heavy atom. The van der Waals surface area contributed by atoms with Crippen molar-refractivity contribution in [2.24, 2.45) is 0 Å². The van der Waals surface area contributed by atoms with Crippen LogP contribution in [-0.4, -0.2) is 30.0 Å². The van der Waals surface area contributed by atoms with Crippen molar-refractivity contribution in [3.8, 4) is 6.07 Å². The predicted octanol–water partition coefficient (Wildman–Crippen LogP) is 5.06. The molecule has 0 aromatic heterocycles. The third-order valence-corrected chi connectivity index (χ3v) is 6.03. The maximum absolute atomic E-state index is 13.2. The van der Waals surface area contributed by atoms with Gasteiger partial charge >= 0.3 is 0 Å². The topological polar surface area (TPSA) is 91.2 Å². The van der Waals surface area contributed by atoms with E-state index in [0.717, 1.165) is 15.6 Å². The largest absolute Gasteiger partial charge is 0.371 e. The first-order chi connectivity index (χ1) is 16.9. The fourth-order valence-electron chi connectivity index (χ4n) is 3.39. The average molecular weight is 555 g/mol. The number of rotatable bonds is 10. The Labute approximate surface area is 218 Å². The van der Waals surface area contributed by atoms with Crippen LogP contribution in [0.4, 0.5) is 0 Å². The molecule has 2 N–H and O–H groups in total. The monoisotopic (exact) mass is 553 g/mol. The minimum absolute atomic E-state index is 0.198. The molecule has 0 saturated heterocycles. The summed E-state index contributed by atoms with van der Waals surface area (Å²) in [6.45, 7) is 2.03. The van der Waals surface area contributed by atoms with Crippen molar-refractivity contribution in [1.29, 1.82) is 5.26 Å². The maximum atomic E-state index is 13.2. The lowest BCUT2D eigenvalue weighted by molar-refractivity contribution is -0.124. The highest BCUT2D eigenvalue weighted by Crippen LogP contribution is 2.15. The fourth-order valence-corrected chi connectivity index (χ4v) is 4.00. The number of carbonyl (C=O) groups excluding carboxylic acids is 2. The van der Waals surface area contributed by atoms with Crippen molar-refractivity contribution >= 4 is 39.3 Å². The van der Waals surface area contributed by atoms with Gasteiger partial charge in [-0.15, -0.1) is 0 Å². The molecular formula is C27H25BrClN3O3. The van der Waals surface area contributed by atoms with Crippen LogP contribution in [0, 0.1) is 11.3 Å². The summed E-state index contributed by atoms with van der Waals surface area (Å²) in [5, 5.41) is 15.7. The van der Waals surface area contributed by atoms with E-state index in [4.69, 9.17) is 16.3 Å². The number of hydrogen-bond acceptors (Lipinski definition) is 4. The van der Waals surface area contributed by atoms with Gasteiger partial charge in [0.15, 0.2) is 0 Å². The van der Waals surface area contributed by atoms with Crippen molar-refractivity contribution in [1.82, 2.24) is 10.6 Å². The molecule has 3 aromatic rings. The normalized spacial score (nSPS) is 13.2. The molecule has 35 heavy (non-hydrogen) atoms. The van der Waals surface area contributed by atoms with Gasteiger partial charge in [0.05, 0.1) is 18.8 Å². The van der Waals surface area contributed by atoms with Gasteiger partial charge in [-0.05, 0) is 48.4 Å². The van der Waals surface area contributed by atoms with Crippen LogP contribution >= 0.6 is 27.5 Å². The zero-order valence-electron chi connectivity index (χ0n) is 19.1. The molecule has 2 amide bonds. The molecule has 0 aliphatic rings. The number of nitriles is 1. The van der Waals surface area contributed by atoms with Gasteiger partial charge in [0.1, 0.15) is 12.1 Å². The molecule has 3 rings (SSSR count). The van der Waals surface area contributed by atoms with Crippen LogP contribution in [0.5, 0.6) is 0 Å². The van der Waals surface area contributed by atoms with Crippen molar-refractivity contribution in [2.45, 2.75) is 38.1 Å². The molecule has 0 aliphatic carbocycles. The van der Waals surface area contributed by atoms with E-state index in [1.165, 1.54) is 0 Å². The SMILES string of the molecule is C[C@@H](OCc1ccccc1)[C@@H](C#N)NC(=O)[C@H](Cc1cccc(Cl)c1)NC(=O)c1cccc(Br)c1. The second-order valence-electron chi connectivity index (χ2n) is 7.99. The Morgan fingerprint density at radius 2 is 1.71 bits per heavy atom. The number of halogens is 2. The lowest BCUT2D eigenvalue weighted by Crippen LogP contribution is -2.52. The van der Waals surface area contributed by atoms with Gasteiger partial charge < -0.3 is 15.4 Å². The highest BCUT2D eigenvalue weighted by atomic mass is 79.9. The zero-order chi connectivity index (χ0) is 25.2. The van der Waals surface area contributed by atoms with Crippen LogP contribution in [0.15, 0.2) is 83.3 Å². The molecular weight excluding hydrogens is 530 g/mol. The first-order valence-electron chi connectivity index (χ1n) is 11.0. The van der Waals surface area contributed by atoms with Gasteiger partial charge in [-0.1, -0.05) is 76.1 Å². The van der Waals surface area contributed by atoms with Crippen LogP contribution in [-0.2, 0) is 22.6 Å². The molecule has 3 aromatic carbocycles. The molecule has 0 aliphatic heterocycles. The van der Waals surface area contributed by atoms with E-state index < -0.39 is 30.0 Å². The summed E-state index contributed by atoms with van der Waals surface area (Å²) in [5.41, 5.74) is 2.14. The number of amides is 2. The lowest BCUT2D eigenvalue weighted by atomic mass is 10.0. The molecule has 3 atom stereocenters. The van der Waals surface area contributed by atoms with Crippen molar-refractivity contribution in [3.05, 3.63) is 105 Å². The number of carbonyl (C=O) groups is 2. The molecule has 6 nitrogen and oxygen atoms in total. The highest BCUT2D eigenvalue weighted by molar-refractivity contribution is 9.10. The Kier molecular flexibility index (Phi) is 9.86. The van der Waals surface area contributed by atoms with E-state index in [1.54, 1.807) is 49.4 Å². The Bertz CT molecular complexity index is 1200. The Morgan fingerprint density at radius 1 is 1.00 bits per heavy atom. The second kappa shape index (κ2) is 13.1. The minimum Gasteiger partial charge on any atom is -0.371 e. The van der Waals surface area contributed by atoms with E-state index >= 15 is 0 Å². The van der Waals surface area contributed by atoms with Crippen LogP contribution < -0.4 is 10.6 Å². The molecule has 0 bridgehead atoms. The molecule has 0 unspecified atom stereocenters. The summed E-state index contributed by atoms with van der Waals surface area (Å²) >= 11 is 9.46. The summed E-state index contributed by atoms with van der Waals surface area (Å²) < 4.78 is 6.56. The van der Waals surface area contributed by atoms with Gasteiger partial charge in [0, 0.05) is 21.5 Å². The first kappa shape index (κ1) is 26.4. The van der Waals surface area contributed by atoms with E-state index in [0.29, 0.717) is 17.2 Å². The third-order valence-electron chi connectivity index (χ3n) is 5.30. The van der Waals surface area contributed by atoms with Crippen molar-refractivity contribution in [2.75, 3.05) is 0 Å². The predicted molar refractivity (Wildman–Crippen MR) is 139 cm³/mol. The van der Waals surface area contributed by atoms with Crippen molar-refractivity contribution in [3.63, 3.8) is 0 Å². The smallest absolute Gasteiger partial charge is 0.251 e. The van der Waals surface area contributed by atoms with Crippen LogP contribution in [0.2, 0.25) is 5.02 Å². The standard InChI is InChI=1S/C27H25BrClN3O3/c1-18(35-17-19-7-3-2-4-8-19)25(16-30)32-27(34)24(14-20-9-5-12-23(29)13-20)31-26(33)21-10-6-11-22(28)15-21/h2-13,15,18,24-25H,14,17H2,1H3,(H,31,33)(H,32,34)/t18-,24+,25-/m1/s1. The molecule has 0 heterocycles. The van der Waals surface area contributed by atoms with Gasteiger partial charge in [0.25, 0.3) is 5.91 Å². The van der Waals surface area contributed by atoms with Crippen LogP contribution in [0.1, 0.15) is 28.4 Å². The van der Waals surface area contributed by atoms with Gasteiger partial charge in [-0.25, -0.2) is 0 Å². The summed E-state index contributed by atoms with van der Waals surface area (Å²) in [6, 6.07) is 23.8. The Balaban J connectivity index is 1.72. The molecule has 0 fully saturated rings. The lowest BCUT2D eigenvalue weighted by Gasteiger charge is -2.24.